The van der Waals surface area contributed by atoms with E-state index in [1.54, 1.807) is 25.6 Å². The van der Waals surface area contributed by atoms with E-state index >= 15 is 0 Å². The summed E-state index contributed by atoms with van der Waals surface area (Å²) in [5.41, 5.74) is 2.31. The highest BCUT2D eigenvalue weighted by atomic mass is 32.1. The first-order chi connectivity index (χ1) is 12.5. The second-order valence-electron chi connectivity index (χ2n) is 6.15. The normalized spacial score (nSPS) is 12.4. The molecule has 26 heavy (non-hydrogen) atoms. The Morgan fingerprint density at radius 1 is 1.19 bits per heavy atom. The van der Waals surface area contributed by atoms with Crippen LogP contribution in [0.2, 0.25) is 0 Å². The number of aromatic nitrogens is 2. The second kappa shape index (κ2) is 7.88. The maximum absolute atomic E-state index is 5.86. The molecule has 2 heterocycles. The molecular weight excluding hydrogens is 350 g/mol. The highest BCUT2D eigenvalue weighted by Gasteiger charge is 2.21. The fourth-order valence-electron chi connectivity index (χ4n) is 2.69. The number of nitrogens with zero attached hydrogens (tertiary/aromatic N) is 3. The summed E-state index contributed by atoms with van der Waals surface area (Å²) in [5.74, 6) is 2.64. The molecule has 3 rings (SSSR count). The van der Waals surface area contributed by atoms with E-state index in [1.165, 1.54) is 0 Å². The Morgan fingerprint density at radius 3 is 2.58 bits per heavy atom. The molecule has 0 bridgehead atoms. The minimum Gasteiger partial charge on any atom is -0.493 e. The Balaban J connectivity index is 1.76. The van der Waals surface area contributed by atoms with Crippen molar-refractivity contribution in [3.05, 3.63) is 46.7 Å². The van der Waals surface area contributed by atoms with E-state index in [4.69, 9.17) is 13.9 Å². The number of methoxy groups -OCH3 is 2. The summed E-state index contributed by atoms with van der Waals surface area (Å²) in [7, 11) is 5.33. The van der Waals surface area contributed by atoms with Crippen LogP contribution in [0, 0.1) is 6.92 Å². The maximum Gasteiger partial charge on any atom is 0.257 e. The summed E-state index contributed by atoms with van der Waals surface area (Å²) in [6.07, 6.45) is 0. The van der Waals surface area contributed by atoms with Gasteiger partial charge in [-0.3, -0.25) is 4.90 Å². The van der Waals surface area contributed by atoms with E-state index in [0.717, 1.165) is 34.0 Å². The van der Waals surface area contributed by atoms with E-state index in [9.17, 15) is 0 Å². The lowest BCUT2D eigenvalue weighted by Crippen LogP contribution is -2.22. The van der Waals surface area contributed by atoms with Crippen molar-refractivity contribution in [2.24, 2.45) is 0 Å². The molecule has 1 aromatic carbocycles. The van der Waals surface area contributed by atoms with Crippen molar-refractivity contribution in [2.75, 3.05) is 21.3 Å². The Labute approximate surface area is 157 Å². The topological polar surface area (TPSA) is 60.6 Å². The molecular formula is C19H23N3O3S. The van der Waals surface area contributed by atoms with E-state index in [0.29, 0.717) is 11.8 Å². The molecule has 0 saturated carbocycles. The van der Waals surface area contributed by atoms with Crippen molar-refractivity contribution in [1.29, 1.82) is 0 Å². The van der Waals surface area contributed by atoms with Crippen molar-refractivity contribution in [1.82, 2.24) is 15.1 Å². The third-order valence-electron chi connectivity index (χ3n) is 4.45. The number of benzene rings is 1. The maximum atomic E-state index is 5.86. The summed E-state index contributed by atoms with van der Waals surface area (Å²) >= 11 is 1.59. The highest BCUT2D eigenvalue weighted by molar-refractivity contribution is 7.13. The van der Waals surface area contributed by atoms with Crippen molar-refractivity contribution >= 4 is 11.3 Å². The Morgan fingerprint density at radius 2 is 1.92 bits per heavy atom. The van der Waals surface area contributed by atoms with Gasteiger partial charge in [0.05, 0.1) is 25.1 Å². The summed E-state index contributed by atoms with van der Waals surface area (Å²) < 4.78 is 16.6. The third kappa shape index (κ3) is 3.73. The molecule has 1 atom stereocenters. The van der Waals surface area contributed by atoms with Crippen molar-refractivity contribution < 1.29 is 13.9 Å². The molecule has 0 amide bonds. The summed E-state index contributed by atoms with van der Waals surface area (Å²) in [4.78, 5) is 3.15. The van der Waals surface area contributed by atoms with Crippen LogP contribution in [0.3, 0.4) is 0 Å². The van der Waals surface area contributed by atoms with Crippen LogP contribution in [-0.4, -0.2) is 36.4 Å². The lowest BCUT2D eigenvalue weighted by Gasteiger charge is -2.23. The molecule has 0 aliphatic heterocycles. The van der Waals surface area contributed by atoms with Gasteiger partial charge in [-0.05, 0) is 55.6 Å². The average molecular weight is 373 g/mol. The highest BCUT2D eigenvalue weighted by Crippen LogP contribution is 2.32. The predicted molar refractivity (Wildman–Crippen MR) is 102 cm³/mol. The molecule has 0 aliphatic carbocycles. The molecule has 0 spiro atoms. The van der Waals surface area contributed by atoms with Crippen molar-refractivity contribution in [3.8, 4) is 22.3 Å². The fraction of sp³-hybridized carbons (Fsp3) is 0.368. The third-order valence-corrected chi connectivity index (χ3v) is 5.31. The van der Waals surface area contributed by atoms with Gasteiger partial charge in [0.15, 0.2) is 11.5 Å². The van der Waals surface area contributed by atoms with Crippen LogP contribution in [0.1, 0.15) is 30.0 Å². The van der Waals surface area contributed by atoms with Gasteiger partial charge < -0.3 is 13.9 Å². The van der Waals surface area contributed by atoms with Crippen LogP contribution in [0.4, 0.5) is 0 Å². The van der Waals surface area contributed by atoms with Crippen LogP contribution in [0.5, 0.6) is 11.5 Å². The van der Waals surface area contributed by atoms with E-state index in [1.807, 2.05) is 36.7 Å². The molecule has 0 fully saturated rings. The van der Waals surface area contributed by atoms with Gasteiger partial charge in [-0.2, -0.15) is 0 Å². The molecule has 3 aromatic rings. The number of hydrogen-bond acceptors (Lipinski definition) is 7. The molecule has 7 heteroatoms. The number of aryl methyl sites for hydroxylation is 1. The molecule has 0 radical (unpaired) electrons. The van der Waals surface area contributed by atoms with Gasteiger partial charge in [0, 0.05) is 6.54 Å². The fourth-order valence-corrected chi connectivity index (χ4v) is 3.33. The first-order valence-electron chi connectivity index (χ1n) is 8.32. The van der Waals surface area contributed by atoms with Crippen LogP contribution < -0.4 is 9.47 Å². The van der Waals surface area contributed by atoms with Gasteiger partial charge in [-0.1, -0.05) is 6.07 Å². The molecule has 0 aliphatic rings. The second-order valence-corrected chi connectivity index (χ2v) is 7.10. The number of thiophene rings is 1. The Hall–Kier alpha value is -2.38. The Bertz CT molecular complexity index is 861. The molecule has 6 nitrogen and oxygen atoms in total. The standard InChI is InChI=1S/C19H23N3O3S/c1-12-9-15(23-4)16(24-5)10-14(12)11-22(3)13(2)18-20-21-19(25-18)17-7-6-8-26-17/h6-10,13H,11H2,1-5H3/t13-/m1/s1. The van der Waals surface area contributed by atoms with Crippen LogP contribution in [-0.2, 0) is 6.54 Å². The van der Waals surface area contributed by atoms with Gasteiger partial charge in [-0.25, -0.2) is 0 Å². The van der Waals surface area contributed by atoms with Crippen LogP contribution in [0.15, 0.2) is 34.1 Å². The van der Waals surface area contributed by atoms with Crippen molar-refractivity contribution in [2.45, 2.75) is 26.4 Å². The van der Waals surface area contributed by atoms with E-state index in [2.05, 4.69) is 28.9 Å². The summed E-state index contributed by atoms with van der Waals surface area (Å²) in [5, 5.41) is 10.4. The smallest absolute Gasteiger partial charge is 0.257 e. The average Bonchev–Trinajstić information content (AvgIpc) is 3.33. The monoisotopic (exact) mass is 373 g/mol. The number of ether oxygens (including phenoxy) is 2. The van der Waals surface area contributed by atoms with Gasteiger partial charge in [0.2, 0.25) is 5.89 Å². The minimum atomic E-state index is -0.0105. The zero-order valence-corrected chi connectivity index (χ0v) is 16.5. The first-order valence-corrected chi connectivity index (χ1v) is 9.20. The van der Waals surface area contributed by atoms with Gasteiger partial charge >= 0.3 is 0 Å². The molecule has 138 valence electrons. The van der Waals surface area contributed by atoms with Gasteiger partial charge in [0.1, 0.15) is 0 Å². The van der Waals surface area contributed by atoms with E-state index in [-0.39, 0.29) is 6.04 Å². The van der Waals surface area contributed by atoms with Gasteiger partial charge in [-0.15, -0.1) is 21.5 Å². The van der Waals surface area contributed by atoms with Crippen LogP contribution >= 0.6 is 11.3 Å². The minimum absolute atomic E-state index is 0.0105. The zero-order chi connectivity index (χ0) is 18.7. The first kappa shape index (κ1) is 18.4. The largest absolute Gasteiger partial charge is 0.493 e. The SMILES string of the molecule is COc1cc(C)c(CN(C)[C@H](C)c2nnc(-c3cccs3)o2)cc1OC. The lowest BCUT2D eigenvalue weighted by molar-refractivity contribution is 0.217. The van der Waals surface area contributed by atoms with E-state index < -0.39 is 0 Å². The number of hydrogen-bond donors (Lipinski definition) is 0. The zero-order valence-electron chi connectivity index (χ0n) is 15.6. The molecule has 0 saturated heterocycles. The lowest BCUT2D eigenvalue weighted by atomic mass is 10.1. The van der Waals surface area contributed by atoms with Gasteiger partial charge in [0.25, 0.3) is 5.89 Å². The molecule has 0 unspecified atom stereocenters. The predicted octanol–water partition coefficient (Wildman–Crippen LogP) is 4.32. The van der Waals surface area contributed by atoms with Crippen LogP contribution in [0.25, 0.3) is 10.8 Å². The number of rotatable bonds is 7. The molecule has 0 N–H and O–H groups in total. The van der Waals surface area contributed by atoms with Crippen molar-refractivity contribution in [3.63, 3.8) is 0 Å². The Kier molecular flexibility index (Phi) is 5.58. The quantitative estimate of drug-likeness (QED) is 0.615. The molecule has 2 aromatic heterocycles. The summed E-state index contributed by atoms with van der Waals surface area (Å²) in [6, 6.07) is 7.95. The summed E-state index contributed by atoms with van der Waals surface area (Å²) in [6.45, 7) is 4.85.